The summed E-state index contributed by atoms with van der Waals surface area (Å²) in [5, 5.41) is 9.80. The van der Waals surface area contributed by atoms with E-state index in [-0.39, 0.29) is 0 Å². The highest BCUT2D eigenvalue weighted by Gasteiger charge is 2.15. The Labute approximate surface area is 161 Å². The van der Waals surface area contributed by atoms with Crippen LogP contribution in [0.2, 0.25) is 0 Å². The second-order valence-electron chi connectivity index (χ2n) is 6.99. The standard InChI is InChI=1S/C19H33N5OS/c1-4-20-19(22-13-17-23-16(14-26-17)15(2)3)21-10-8-12-24-11-7-5-6-9-18(24)25/h14-15H,4-13H2,1-3H3,(H2,20,21,22). The molecule has 2 N–H and O–H groups in total. The van der Waals surface area contributed by atoms with Crippen LogP contribution in [0.5, 0.6) is 0 Å². The van der Waals surface area contributed by atoms with Crippen molar-refractivity contribution in [1.29, 1.82) is 0 Å². The molecule has 0 aliphatic carbocycles. The van der Waals surface area contributed by atoms with Gasteiger partial charge in [-0.2, -0.15) is 0 Å². The number of rotatable bonds is 8. The molecule has 0 saturated carbocycles. The van der Waals surface area contributed by atoms with Gasteiger partial charge in [-0.25, -0.2) is 9.98 Å². The van der Waals surface area contributed by atoms with Gasteiger partial charge in [-0.3, -0.25) is 4.79 Å². The maximum Gasteiger partial charge on any atom is 0.222 e. The van der Waals surface area contributed by atoms with Crippen molar-refractivity contribution in [2.45, 2.75) is 65.3 Å². The number of nitrogens with zero attached hydrogens (tertiary/aromatic N) is 3. The molecule has 2 heterocycles. The highest BCUT2D eigenvalue weighted by atomic mass is 32.1. The van der Waals surface area contributed by atoms with Crippen LogP contribution >= 0.6 is 11.3 Å². The van der Waals surface area contributed by atoms with Crippen LogP contribution in [-0.2, 0) is 11.3 Å². The normalized spacial score (nSPS) is 16.1. The predicted octanol–water partition coefficient (Wildman–Crippen LogP) is 3.11. The van der Waals surface area contributed by atoms with E-state index in [2.05, 4.69) is 46.8 Å². The van der Waals surface area contributed by atoms with Crippen molar-refractivity contribution in [2.24, 2.45) is 4.99 Å². The average Bonchev–Trinajstić information content (AvgIpc) is 3.01. The topological polar surface area (TPSA) is 69.6 Å². The molecule has 0 atom stereocenters. The smallest absolute Gasteiger partial charge is 0.222 e. The van der Waals surface area contributed by atoms with Crippen molar-refractivity contribution < 1.29 is 4.79 Å². The lowest BCUT2D eigenvalue weighted by atomic mass is 10.2. The SMILES string of the molecule is CCNC(=NCc1nc(C(C)C)cs1)NCCCN1CCCCCC1=O. The van der Waals surface area contributed by atoms with Gasteiger partial charge in [0.15, 0.2) is 5.96 Å². The summed E-state index contributed by atoms with van der Waals surface area (Å²) in [5.74, 6) is 1.58. The lowest BCUT2D eigenvalue weighted by Gasteiger charge is -2.20. The van der Waals surface area contributed by atoms with Crippen LogP contribution in [-0.4, -0.2) is 47.9 Å². The first kappa shape index (κ1) is 20.7. The lowest BCUT2D eigenvalue weighted by Crippen LogP contribution is -2.39. The fourth-order valence-corrected chi connectivity index (χ4v) is 3.78. The number of amides is 1. The summed E-state index contributed by atoms with van der Waals surface area (Å²) in [6.07, 6.45) is 5.00. The van der Waals surface area contributed by atoms with Gasteiger partial charge in [0.1, 0.15) is 5.01 Å². The molecule has 2 rings (SSSR count). The summed E-state index contributed by atoms with van der Waals surface area (Å²) in [7, 11) is 0. The van der Waals surface area contributed by atoms with Crippen LogP contribution in [0, 0.1) is 0 Å². The number of aromatic nitrogens is 1. The molecule has 0 unspecified atom stereocenters. The predicted molar refractivity (Wildman–Crippen MR) is 109 cm³/mol. The number of hydrogen-bond acceptors (Lipinski definition) is 4. The zero-order chi connectivity index (χ0) is 18.8. The molecule has 1 amide bonds. The number of hydrogen-bond donors (Lipinski definition) is 2. The maximum absolute atomic E-state index is 12.0. The number of thiazole rings is 1. The molecule has 1 aliphatic heterocycles. The zero-order valence-electron chi connectivity index (χ0n) is 16.4. The van der Waals surface area contributed by atoms with E-state index in [1.54, 1.807) is 11.3 Å². The molecule has 26 heavy (non-hydrogen) atoms. The second-order valence-corrected chi connectivity index (χ2v) is 7.93. The highest BCUT2D eigenvalue weighted by molar-refractivity contribution is 7.09. The maximum atomic E-state index is 12.0. The molecule has 1 aliphatic rings. The second kappa shape index (κ2) is 11.2. The van der Waals surface area contributed by atoms with E-state index in [1.165, 1.54) is 6.42 Å². The largest absolute Gasteiger partial charge is 0.357 e. The Morgan fingerprint density at radius 1 is 1.35 bits per heavy atom. The molecule has 0 bridgehead atoms. The van der Waals surface area contributed by atoms with Crippen LogP contribution in [0.3, 0.4) is 0 Å². The monoisotopic (exact) mass is 379 g/mol. The first-order valence-corrected chi connectivity index (χ1v) is 10.7. The lowest BCUT2D eigenvalue weighted by molar-refractivity contribution is -0.130. The molecular formula is C19H33N5OS. The molecule has 7 heteroatoms. The van der Waals surface area contributed by atoms with Crippen LogP contribution in [0.25, 0.3) is 0 Å². The molecular weight excluding hydrogens is 346 g/mol. The van der Waals surface area contributed by atoms with Crippen LogP contribution in [0.15, 0.2) is 10.4 Å². The van der Waals surface area contributed by atoms with E-state index in [1.807, 2.05) is 4.90 Å². The van der Waals surface area contributed by atoms with E-state index >= 15 is 0 Å². The molecule has 0 radical (unpaired) electrons. The van der Waals surface area contributed by atoms with Crippen LogP contribution < -0.4 is 10.6 Å². The summed E-state index contributed by atoms with van der Waals surface area (Å²) in [6.45, 7) is 10.3. The van der Waals surface area contributed by atoms with E-state index < -0.39 is 0 Å². The van der Waals surface area contributed by atoms with Gasteiger partial charge in [0.05, 0.1) is 12.2 Å². The fraction of sp³-hybridized carbons (Fsp3) is 0.737. The van der Waals surface area contributed by atoms with E-state index in [4.69, 9.17) is 0 Å². The third kappa shape index (κ3) is 6.94. The minimum atomic E-state index is 0.313. The Balaban J connectivity index is 1.76. The van der Waals surface area contributed by atoms with Gasteiger partial charge in [0.25, 0.3) is 0 Å². The number of guanidine groups is 1. The van der Waals surface area contributed by atoms with E-state index in [9.17, 15) is 4.79 Å². The van der Waals surface area contributed by atoms with Crippen molar-refractivity contribution in [2.75, 3.05) is 26.2 Å². The Hall–Kier alpha value is -1.63. The average molecular weight is 380 g/mol. The molecule has 0 spiro atoms. The highest BCUT2D eigenvalue weighted by Crippen LogP contribution is 2.18. The van der Waals surface area contributed by atoms with Gasteiger partial charge in [-0.15, -0.1) is 11.3 Å². The zero-order valence-corrected chi connectivity index (χ0v) is 17.2. The number of carbonyl (C=O) groups excluding carboxylic acids is 1. The van der Waals surface area contributed by atoms with Crippen molar-refractivity contribution in [3.8, 4) is 0 Å². The summed E-state index contributed by atoms with van der Waals surface area (Å²) >= 11 is 1.67. The first-order chi connectivity index (χ1) is 12.6. The van der Waals surface area contributed by atoms with E-state index in [0.29, 0.717) is 24.8 Å². The Bertz CT molecular complexity index is 584. The van der Waals surface area contributed by atoms with Crippen LogP contribution in [0.1, 0.15) is 69.5 Å². The minimum absolute atomic E-state index is 0.313. The molecule has 0 aromatic carbocycles. The van der Waals surface area contributed by atoms with Gasteiger partial charge in [-0.05, 0) is 32.1 Å². The van der Waals surface area contributed by atoms with Crippen molar-refractivity contribution in [3.05, 3.63) is 16.1 Å². The Kier molecular flexibility index (Phi) is 8.88. The number of likely N-dealkylation sites (tertiary alicyclic amines) is 1. The molecule has 146 valence electrons. The third-order valence-electron chi connectivity index (χ3n) is 4.45. The number of nitrogens with one attached hydrogen (secondary N) is 2. The Morgan fingerprint density at radius 3 is 2.92 bits per heavy atom. The summed E-state index contributed by atoms with van der Waals surface area (Å²) < 4.78 is 0. The summed E-state index contributed by atoms with van der Waals surface area (Å²) in [6, 6.07) is 0. The van der Waals surface area contributed by atoms with Gasteiger partial charge in [0.2, 0.25) is 5.91 Å². The molecule has 1 saturated heterocycles. The third-order valence-corrected chi connectivity index (χ3v) is 5.30. The van der Waals surface area contributed by atoms with Gasteiger partial charge < -0.3 is 15.5 Å². The van der Waals surface area contributed by atoms with Gasteiger partial charge >= 0.3 is 0 Å². The first-order valence-electron chi connectivity index (χ1n) is 9.84. The molecule has 1 aromatic rings. The molecule has 1 aromatic heterocycles. The quantitative estimate of drug-likeness (QED) is 0.414. The fourth-order valence-electron chi connectivity index (χ4n) is 2.90. The van der Waals surface area contributed by atoms with Crippen molar-refractivity contribution >= 4 is 23.2 Å². The van der Waals surface area contributed by atoms with Gasteiger partial charge in [0, 0.05) is 38.0 Å². The van der Waals surface area contributed by atoms with Crippen molar-refractivity contribution in [1.82, 2.24) is 20.5 Å². The Morgan fingerprint density at radius 2 is 2.19 bits per heavy atom. The molecule has 1 fully saturated rings. The molecule has 6 nitrogen and oxygen atoms in total. The van der Waals surface area contributed by atoms with E-state index in [0.717, 1.165) is 62.1 Å². The van der Waals surface area contributed by atoms with Crippen LogP contribution in [0.4, 0.5) is 0 Å². The van der Waals surface area contributed by atoms with Gasteiger partial charge in [-0.1, -0.05) is 20.3 Å². The number of carbonyl (C=O) groups is 1. The van der Waals surface area contributed by atoms with Crippen molar-refractivity contribution in [3.63, 3.8) is 0 Å². The minimum Gasteiger partial charge on any atom is -0.357 e. The number of aliphatic imine (C=N–C) groups is 1. The summed E-state index contributed by atoms with van der Waals surface area (Å²) in [5.41, 5.74) is 1.14. The summed E-state index contributed by atoms with van der Waals surface area (Å²) in [4.78, 5) is 23.3.